The zero-order chi connectivity index (χ0) is 14.3. The third kappa shape index (κ3) is 5.97. The summed E-state index contributed by atoms with van der Waals surface area (Å²) >= 11 is 1.76. The average molecular weight is 278 g/mol. The van der Waals surface area contributed by atoms with Crippen molar-refractivity contribution < 1.29 is 9.53 Å². The van der Waals surface area contributed by atoms with Gasteiger partial charge in [0.05, 0.1) is 6.61 Å². The summed E-state index contributed by atoms with van der Waals surface area (Å²) in [6, 6.07) is 10.2. The average Bonchev–Trinajstić information content (AvgIpc) is 2.34. The van der Waals surface area contributed by atoms with Crippen molar-refractivity contribution in [1.82, 2.24) is 0 Å². The lowest BCUT2D eigenvalue weighted by molar-refractivity contribution is -0.137. The predicted molar refractivity (Wildman–Crippen MR) is 81.3 cm³/mol. The molecule has 19 heavy (non-hydrogen) atoms. The maximum Gasteiger partial charge on any atom is 0.330 e. The van der Waals surface area contributed by atoms with Gasteiger partial charge in [-0.1, -0.05) is 45.0 Å². The van der Waals surface area contributed by atoms with Crippen molar-refractivity contribution in [1.29, 1.82) is 0 Å². The van der Waals surface area contributed by atoms with Gasteiger partial charge in [0.1, 0.15) is 0 Å². The highest BCUT2D eigenvalue weighted by molar-refractivity contribution is 8.00. The molecule has 0 heterocycles. The molecule has 0 aliphatic rings. The molecule has 104 valence electrons. The van der Waals surface area contributed by atoms with E-state index in [4.69, 9.17) is 4.74 Å². The normalized spacial score (nSPS) is 13.5. The van der Waals surface area contributed by atoms with Crippen molar-refractivity contribution in [2.24, 2.45) is 5.41 Å². The summed E-state index contributed by atoms with van der Waals surface area (Å²) < 4.78 is 4.92. The smallest absolute Gasteiger partial charge is 0.330 e. The van der Waals surface area contributed by atoms with Gasteiger partial charge in [-0.25, -0.2) is 4.79 Å². The standard InChI is InChI=1S/C16H22O2S/c1-5-18-15(17)12-11-14(16(2,3)4)19-13-9-7-6-8-10-13/h6-12,14H,5H2,1-4H3/b12-11+. The fourth-order valence-electron chi connectivity index (χ4n) is 1.51. The van der Waals surface area contributed by atoms with Crippen molar-refractivity contribution in [3.05, 3.63) is 42.5 Å². The van der Waals surface area contributed by atoms with Crippen molar-refractivity contribution in [2.75, 3.05) is 6.61 Å². The minimum atomic E-state index is -0.273. The molecule has 1 rings (SSSR count). The molecule has 0 aliphatic carbocycles. The molecule has 0 aliphatic heterocycles. The Kier molecular flexibility index (Phi) is 6.16. The van der Waals surface area contributed by atoms with Gasteiger partial charge in [-0.05, 0) is 24.5 Å². The lowest BCUT2D eigenvalue weighted by atomic mass is 9.91. The number of hydrogen-bond donors (Lipinski definition) is 0. The van der Waals surface area contributed by atoms with Crippen LogP contribution in [0.2, 0.25) is 0 Å². The SMILES string of the molecule is CCOC(=O)/C=C/C(Sc1ccccc1)C(C)(C)C. The van der Waals surface area contributed by atoms with Gasteiger partial charge < -0.3 is 4.74 Å². The Labute approximate surface area is 120 Å². The summed E-state index contributed by atoms with van der Waals surface area (Å²) in [6.07, 6.45) is 3.48. The van der Waals surface area contributed by atoms with E-state index < -0.39 is 0 Å². The number of carbonyl (C=O) groups excluding carboxylic acids is 1. The van der Waals surface area contributed by atoms with Crippen molar-refractivity contribution in [2.45, 2.75) is 37.8 Å². The molecule has 0 saturated carbocycles. The summed E-state index contributed by atoms with van der Waals surface area (Å²) in [4.78, 5) is 12.6. The molecule has 0 amide bonds. The van der Waals surface area contributed by atoms with E-state index in [1.54, 1.807) is 11.8 Å². The monoisotopic (exact) mass is 278 g/mol. The lowest BCUT2D eigenvalue weighted by Crippen LogP contribution is -2.21. The fraction of sp³-hybridized carbons (Fsp3) is 0.438. The van der Waals surface area contributed by atoms with E-state index in [1.807, 2.05) is 31.2 Å². The van der Waals surface area contributed by atoms with Crippen molar-refractivity contribution >= 4 is 17.7 Å². The molecular formula is C16H22O2S. The molecule has 1 aromatic rings. The van der Waals surface area contributed by atoms with Gasteiger partial charge in [0.2, 0.25) is 0 Å². The number of thioether (sulfide) groups is 1. The van der Waals surface area contributed by atoms with E-state index in [2.05, 4.69) is 32.9 Å². The molecule has 1 unspecified atom stereocenters. The molecule has 0 bridgehead atoms. The van der Waals surface area contributed by atoms with Crippen LogP contribution in [0.1, 0.15) is 27.7 Å². The minimum absolute atomic E-state index is 0.0729. The van der Waals surface area contributed by atoms with Gasteiger partial charge in [-0.3, -0.25) is 0 Å². The van der Waals surface area contributed by atoms with E-state index in [1.165, 1.54) is 11.0 Å². The first kappa shape index (κ1) is 15.8. The van der Waals surface area contributed by atoms with E-state index in [0.29, 0.717) is 6.61 Å². The van der Waals surface area contributed by atoms with E-state index in [0.717, 1.165) is 0 Å². The van der Waals surface area contributed by atoms with Crippen LogP contribution in [0.4, 0.5) is 0 Å². The molecule has 0 fully saturated rings. The molecule has 3 heteroatoms. The molecule has 0 N–H and O–H groups in total. The Balaban J connectivity index is 2.76. The number of rotatable bonds is 5. The van der Waals surface area contributed by atoms with Crippen LogP contribution in [0, 0.1) is 5.41 Å². The molecule has 0 radical (unpaired) electrons. The van der Waals surface area contributed by atoms with E-state index in [-0.39, 0.29) is 16.6 Å². The third-order valence-electron chi connectivity index (χ3n) is 2.55. The number of hydrogen-bond acceptors (Lipinski definition) is 3. The van der Waals surface area contributed by atoms with Crippen LogP contribution < -0.4 is 0 Å². The van der Waals surface area contributed by atoms with Crippen molar-refractivity contribution in [3.8, 4) is 0 Å². The van der Waals surface area contributed by atoms with Gasteiger partial charge in [-0.15, -0.1) is 11.8 Å². The highest BCUT2D eigenvalue weighted by Gasteiger charge is 2.23. The van der Waals surface area contributed by atoms with Crippen LogP contribution in [0.15, 0.2) is 47.4 Å². The topological polar surface area (TPSA) is 26.3 Å². The highest BCUT2D eigenvalue weighted by atomic mass is 32.2. The quantitative estimate of drug-likeness (QED) is 0.456. The van der Waals surface area contributed by atoms with Gasteiger partial charge in [-0.2, -0.15) is 0 Å². The van der Waals surface area contributed by atoms with Crippen LogP contribution in [-0.2, 0) is 9.53 Å². The Morgan fingerprint density at radius 1 is 1.32 bits per heavy atom. The van der Waals surface area contributed by atoms with E-state index in [9.17, 15) is 4.79 Å². The largest absolute Gasteiger partial charge is 0.463 e. The summed E-state index contributed by atoms with van der Waals surface area (Å²) in [5.74, 6) is -0.273. The second-order valence-corrected chi connectivity index (χ2v) is 6.54. The first-order chi connectivity index (χ1) is 8.93. The molecule has 0 aromatic heterocycles. The third-order valence-corrected chi connectivity index (χ3v) is 4.22. The zero-order valence-corrected chi connectivity index (χ0v) is 12.9. The second kappa shape index (κ2) is 7.39. The van der Waals surface area contributed by atoms with Crippen LogP contribution in [-0.4, -0.2) is 17.8 Å². The summed E-state index contributed by atoms with van der Waals surface area (Å²) in [7, 11) is 0. The maximum absolute atomic E-state index is 11.4. The number of esters is 1. The molecule has 2 nitrogen and oxygen atoms in total. The molecule has 1 atom stereocenters. The van der Waals surface area contributed by atoms with Gasteiger partial charge >= 0.3 is 5.97 Å². The van der Waals surface area contributed by atoms with Crippen LogP contribution in [0.3, 0.4) is 0 Å². The lowest BCUT2D eigenvalue weighted by Gasteiger charge is -2.27. The Morgan fingerprint density at radius 3 is 2.47 bits per heavy atom. The van der Waals surface area contributed by atoms with Crippen LogP contribution in [0.5, 0.6) is 0 Å². The van der Waals surface area contributed by atoms with E-state index >= 15 is 0 Å². The summed E-state index contributed by atoms with van der Waals surface area (Å²) in [5, 5.41) is 0.222. The maximum atomic E-state index is 11.4. The number of carbonyl (C=O) groups is 1. The summed E-state index contributed by atoms with van der Waals surface area (Å²) in [5.41, 5.74) is 0.0729. The van der Waals surface area contributed by atoms with Gasteiger partial charge in [0.15, 0.2) is 0 Å². The van der Waals surface area contributed by atoms with Crippen molar-refractivity contribution in [3.63, 3.8) is 0 Å². The number of ether oxygens (including phenoxy) is 1. The number of benzene rings is 1. The highest BCUT2D eigenvalue weighted by Crippen LogP contribution is 2.36. The summed E-state index contributed by atoms with van der Waals surface area (Å²) in [6.45, 7) is 8.73. The molecular weight excluding hydrogens is 256 g/mol. The second-order valence-electron chi connectivity index (χ2n) is 5.33. The first-order valence-electron chi connectivity index (χ1n) is 6.50. The molecule has 1 aromatic carbocycles. The zero-order valence-electron chi connectivity index (χ0n) is 12.1. The fourth-order valence-corrected chi connectivity index (χ4v) is 2.62. The molecule has 0 spiro atoms. The van der Waals surface area contributed by atoms with Crippen LogP contribution >= 0.6 is 11.8 Å². The Bertz CT molecular complexity index is 418. The Morgan fingerprint density at radius 2 is 1.95 bits per heavy atom. The molecule has 0 saturated heterocycles. The predicted octanol–water partition coefficient (Wildman–Crippen LogP) is 4.31. The minimum Gasteiger partial charge on any atom is -0.463 e. The first-order valence-corrected chi connectivity index (χ1v) is 7.38. The van der Waals surface area contributed by atoms with Gasteiger partial charge in [0, 0.05) is 16.2 Å². The Hall–Kier alpha value is -1.22. The van der Waals surface area contributed by atoms with Gasteiger partial charge in [0.25, 0.3) is 0 Å². The van der Waals surface area contributed by atoms with Crippen LogP contribution in [0.25, 0.3) is 0 Å².